The molecule has 0 radical (unpaired) electrons. The minimum atomic E-state index is -0.408. The summed E-state index contributed by atoms with van der Waals surface area (Å²) in [6, 6.07) is 3.74. The number of aromatic nitrogens is 2. The van der Waals surface area contributed by atoms with Crippen molar-refractivity contribution >= 4 is 22.2 Å². The SMILES string of the molecule is O=C(NC[C@H](c1ccco1)N1CCCC1)c1cnc2sccn2c1=O. The van der Waals surface area contributed by atoms with Gasteiger partial charge in [0.1, 0.15) is 11.3 Å². The maximum absolute atomic E-state index is 12.5. The highest BCUT2D eigenvalue weighted by Gasteiger charge is 2.26. The molecular formula is C17H18N4O3S. The van der Waals surface area contributed by atoms with Crippen molar-refractivity contribution in [3.8, 4) is 0 Å². The van der Waals surface area contributed by atoms with Crippen LogP contribution >= 0.6 is 11.3 Å². The number of hydrogen-bond donors (Lipinski definition) is 1. The van der Waals surface area contributed by atoms with E-state index in [-0.39, 0.29) is 17.2 Å². The number of carbonyl (C=O) groups is 1. The lowest BCUT2D eigenvalue weighted by atomic mass is 10.2. The van der Waals surface area contributed by atoms with Gasteiger partial charge in [-0.05, 0) is 38.1 Å². The number of fused-ring (bicyclic) bond motifs is 1. The fraction of sp³-hybridized carbons (Fsp3) is 0.353. The molecule has 1 amide bonds. The van der Waals surface area contributed by atoms with Gasteiger partial charge in [0.15, 0.2) is 4.96 Å². The summed E-state index contributed by atoms with van der Waals surface area (Å²) in [6.07, 6.45) is 6.90. The van der Waals surface area contributed by atoms with E-state index in [4.69, 9.17) is 4.42 Å². The molecule has 0 spiro atoms. The van der Waals surface area contributed by atoms with E-state index in [1.807, 2.05) is 12.1 Å². The second-order valence-electron chi connectivity index (χ2n) is 6.02. The second-order valence-corrected chi connectivity index (χ2v) is 6.89. The normalized spacial score (nSPS) is 16.3. The lowest BCUT2D eigenvalue weighted by Crippen LogP contribution is -2.38. The van der Waals surface area contributed by atoms with E-state index in [2.05, 4.69) is 15.2 Å². The van der Waals surface area contributed by atoms with Crippen LogP contribution in [0, 0.1) is 0 Å². The topological polar surface area (TPSA) is 79.8 Å². The van der Waals surface area contributed by atoms with Crippen LogP contribution in [0.2, 0.25) is 0 Å². The van der Waals surface area contributed by atoms with E-state index in [9.17, 15) is 9.59 Å². The number of thiazole rings is 1. The van der Waals surface area contributed by atoms with Crippen molar-refractivity contribution in [2.45, 2.75) is 18.9 Å². The van der Waals surface area contributed by atoms with Crippen molar-refractivity contribution in [1.29, 1.82) is 0 Å². The largest absolute Gasteiger partial charge is 0.468 e. The Morgan fingerprint density at radius 2 is 2.24 bits per heavy atom. The molecule has 130 valence electrons. The summed E-state index contributed by atoms with van der Waals surface area (Å²) in [5, 5.41) is 4.64. The van der Waals surface area contributed by atoms with E-state index < -0.39 is 5.91 Å². The third-order valence-corrected chi connectivity index (χ3v) is 5.27. The number of carbonyl (C=O) groups excluding carboxylic acids is 1. The zero-order chi connectivity index (χ0) is 17.2. The Balaban J connectivity index is 1.52. The summed E-state index contributed by atoms with van der Waals surface area (Å²) >= 11 is 1.36. The molecule has 4 heterocycles. The zero-order valence-electron chi connectivity index (χ0n) is 13.6. The molecule has 0 bridgehead atoms. The van der Waals surface area contributed by atoms with E-state index in [0.29, 0.717) is 11.5 Å². The van der Waals surface area contributed by atoms with E-state index in [0.717, 1.165) is 31.7 Å². The smallest absolute Gasteiger partial charge is 0.271 e. The van der Waals surface area contributed by atoms with Gasteiger partial charge in [0.05, 0.1) is 12.3 Å². The van der Waals surface area contributed by atoms with Gasteiger partial charge in [-0.25, -0.2) is 4.98 Å². The van der Waals surface area contributed by atoms with Gasteiger partial charge in [-0.3, -0.25) is 18.9 Å². The average molecular weight is 358 g/mol. The Hall–Kier alpha value is -2.45. The first-order valence-corrected chi connectivity index (χ1v) is 9.12. The monoisotopic (exact) mass is 358 g/mol. The predicted octanol–water partition coefficient (Wildman–Crippen LogP) is 1.92. The summed E-state index contributed by atoms with van der Waals surface area (Å²) < 4.78 is 6.94. The molecule has 8 heteroatoms. The molecule has 1 saturated heterocycles. The summed E-state index contributed by atoms with van der Waals surface area (Å²) in [7, 11) is 0. The second kappa shape index (κ2) is 6.81. The molecule has 1 aliphatic rings. The molecule has 0 unspecified atom stereocenters. The Morgan fingerprint density at radius 1 is 1.40 bits per heavy atom. The van der Waals surface area contributed by atoms with Gasteiger partial charge >= 0.3 is 0 Å². The van der Waals surface area contributed by atoms with Crippen LogP contribution in [0.4, 0.5) is 0 Å². The number of nitrogens with zero attached hydrogens (tertiary/aromatic N) is 3. The van der Waals surface area contributed by atoms with Crippen molar-refractivity contribution < 1.29 is 9.21 Å². The third kappa shape index (κ3) is 3.10. The molecule has 1 fully saturated rings. The summed E-state index contributed by atoms with van der Waals surface area (Å²) in [4.78, 5) is 32.0. The van der Waals surface area contributed by atoms with Crippen LogP contribution in [0.15, 0.2) is 45.4 Å². The van der Waals surface area contributed by atoms with Crippen LogP contribution < -0.4 is 10.9 Å². The molecule has 0 saturated carbocycles. The van der Waals surface area contributed by atoms with Crippen LogP contribution in [0.5, 0.6) is 0 Å². The highest BCUT2D eigenvalue weighted by Crippen LogP contribution is 2.24. The van der Waals surface area contributed by atoms with Gasteiger partial charge in [0.25, 0.3) is 11.5 Å². The standard InChI is InChI=1S/C17H18N4O3S/c22-15(12-10-19-17-21(16(12)23)7-9-25-17)18-11-13(14-4-3-8-24-14)20-5-1-2-6-20/h3-4,7-10,13H,1-2,5-6,11H2,(H,18,22)/t13-/m1/s1. The lowest BCUT2D eigenvalue weighted by molar-refractivity contribution is 0.0931. The van der Waals surface area contributed by atoms with Crippen LogP contribution in [0.1, 0.15) is 35.0 Å². The molecule has 3 aromatic rings. The molecule has 1 aliphatic heterocycles. The van der Waals surface area contributed by atoms with Crippen LogP contribution in [-0.2, 0) is 0 Å². The first-order chi connectivity index (χ1) is 12.2. The van der Waals surface area contributed by atoms with Gasteiger partial charge in [-0.2, -0.15) is 0 Å². The molecule has 1 N–H and O–H groups in total. The number of likely N-dealkylation sites (tertiary alicyclic amines) is 1. The average Bonchev–Trinajstić information content (AvgIpc) is 3.37. The van der Waals surface area contributed by atoms with Crippen molar-refractivity contribution in [1.82, 2.24) is 19.6 Å². The van der Waals surface area contributed by atoms with E-state index in [1.165, 1.54) is 21.9 Å². The highest BCUT2D eigenvalue weighted by molar-refractivity contribution is 7.15. The fourth-order valence-corrected chi connectivity index (χ4v) is 3.88. The van der Waals surface area contributed by atoms with Gasteiger partial charge < -0.3 is 9.73 Å². The van der Waals surface area contributed by atoms with Crippen LogP contribution in [0.3, 0.4) is 0 Å². The lowest BCUT2D eigenvalue weighted by Gasteiger charge is -2.25. The molecule has 4 rings (SSSR count). The van der Waals surface area contributed by atoms with Crippen molar-refractivity contribution in [2.75, 3.05) is 19.6 Å². The van der Waals surface area contributed by atoms with Gasteiger partial charge in [0.2, 0.25) is 0 Å². The number of furan rings is 1. The molecule has 0 aliphatic carbocycles. The number of amides is 1. The molecular weight excluding hydrogens is 340 g/mol. The number of nitrogens with one attached hydrogen (secondary N) is 1. The van der Waals surface area contributed by atoms with E-state index >= 15 is 0 Å². The third-order valence-electron chi connectivity index (χ3n) is 4.50. The first-order valence-electron chi connectivity index (χ1n) is 8.24. The van der Waals surface area contributed by atoms with Crippen molar-refractivity contribution in [3.05, 3.63) is 57.8 Å². The van der Waals surface area contributed by atoms with Crippen LogP contribution in [-0.4, -0.2) is 39.8 Å². The highest BCUT2D eigenvalue weighted by atomic mass is 32.1. The molecule has 25 heavy (non-hydrogen) atoms. The maximum Gasteiger partial charge on any atom is 0.271 e. The molecule has 3 aromatic heterocycles. The Bertz CT molecular complexity index is 925. The number of rotatable bonds is 5. The zero-order valence-corrected chi connectivity index (χ0v) is 14.4. The van der Waals surface area contributed by atoms with Crippen LogP contribution in [0.25, 0.3) is 4.96 Å². The molecule has 1 atom stereocenters. The quantitative estimate of drug-likeness (QED) is 0.754. The summed E-state index contributed by atoms with van der Waals surface area (Å²) in [6.45, 7) is 2.34. The maximum atomic E-state index is 12.5. The minimum Gasteiger partial charge on any atom is -0.468 e. The Labute approximate surface area is 147 Å². The summed E-state index contributed by atoms with van der Waals surface area (Å²) in [5.74, 6) is 0.416. The number of hydrogen-bond acceptors (Lipinski definition) is 6. The van der Waals surface area contributed by atoms with Gasteiger partial charge in [-0.15, -0.1) is 11.3 Å². The summed E-state index contributed by atoms with van der Waals surface area (Å²) in [5.41, 5.74) is -0.296. The molecule has 0 aromatic carbocycles. The molecule has 7 nitrogen and oxygen atoms in total. The van der Waals surface area contributed by atoms with Gasteiger partial charge in [-0.1, -0.05) is 0 Å². The van der Waals surface area contributed by atoms with Crippen molar-refractivity contribution in [2.24, 2.45) is 0 Å². The fourth-order valence-electron chi connectivity index (χ4n) is 3.21. The predicted molar refractivity (Wildman–Crippen MR) is 93.9 cm³/mol. The van der Waals surface area contributed by atoms with Gasteiger partial charge in [0, 0.05) is 24.3 Å². The minimum absolute atomic E-state index is 0.0259. The van der Waals surface area contributed by atoms with E-state index in [1.54, 1.807) is 17.8 Å². The Kier molecular flexibility index (Phi) is 4.37. The Morgan fingerprint density at radius 3 is 3.00 bits per heavy atom. The first kappa shape index (κ1) is 16.0. The van der Waals surface area contributed by atoms with Crippen molar-refractivity contribution in [3.63, 3.8) is 0 Å².